The van der Waals surface area contributed by atoms with Crippen molar-refractivity contribution in [3.05, 3.63) is 53.3 Å². The lowest BCUT2D eigenvalue weighted by molar-refractivity contribution is 0.317. The Labute approximate surface area is 127 Å². The number of nitrogens with zero attached hydrogens (tertiary/aromatic N) is 3. The zero-order valence-corrected chi connectivity index (χ0v) is 13.3. The molecule has 114 valence electrons. The van der Waals surface area contributed by atoms with Crippen LogP contribution in [0.5, 0.6) is 0 Å². The summed E-state index contributed by atoms with van der Waals surface area (Å²) in [7, 11) is 4.11. The molecule has 1 aromatic heterocycles. The molecule has 2 aromatic rings. The third-order valence-corrected chi connectivity index (χ3v) is 3.51. The topological polar surface area (TPSA) is 33.1 Å². The van der Waals surface area contributed by atoms with E-state index in [-0.39, 0.29) is 0 Å². The van der Waals surface area contributed by atoms with Crippen molar-refractivity contribution >= 4 is 0 Å². The van der Waals surface area contributed by atoms with Crippen LogP contribution in [-0.2, 0) is 26.7 Å². The molecular formula is C17H26N4. The average molecular weight is 286 g/mol. The molecule has 0 saturated heterocycles. The number of aromatic nitrogens is 2. The van der Waals surface area contributed by atoms with Crippen LogP contribution in [0.15, 0.2) is 36.7 Å². The Morgan fingerprint density at radius 2 is 1.95 bits per heavy atom. The van der Waals surface area contributed by atoms with E-state index >= 15 is 0 Å². The fourth-order valence-corrected chi connectivity index (χ4v) is 2.50. The minimum atomic E-state index is 0.921. The number of nitrogens with one attached hydrogen (secondary N) is 1. The minimum Gasteiger partial charge on any atom is -0.313 e. The molecule has 0 spiro atoms. The van der Waals surface area contributed by atoms with Crippen LogP contribution in [0.1, 0.15) is 30.0 Å². The molecule has 4 heteroatoms. The molecular weight excluding hydrogens is 260 g/mol. The highest BCUT2D eigenvalue weighted by molar-refractivity contribution is 5.27. The van der Waals surface area contributed by atoms with Crippen molar-refractivity contribution < 1.29 is 0 Å². The summed E-state index contributed by atoms with van der Waals surface area (Å²) in [5, 5.41) is 7.71. The minimum absolute atomic E-state index is 0.921. The van der Waals surface area contributed by atoms with Gasteiger partial charge in [-0.2, -0.15) is 5.10 Å². The first-order chi connectivity index (χ1) is 10.2. The van der Waals surface area contributed by atoms with Crippen molar-refractivity contribution in [3.8, 4) is 0 Å². The van der Waals surface area contributed by atoms with Crippen molar-refractivity contribution in [2.24, 2.45) is 7.05 Å². The molecule has 0 unspecified atom stereocenters. The number of hydrogen-bond donors (Lipinski definition) is 1. The molecule has 1 heterocycles. The lowest BCUT2D eigenvalue weighted by Gasteiger charge is -2.18. The number of rotatable bonds is 8. The Hall–Kier alpha value is -1.65. The van der Waals surface area contributed by atoms with Gasteiger partial charge in [-0.05, 0) is 31.1 Å². The second kappa shape index (κ2) is 7.96. The highest BCUT2D eigenvalue weighted by Gasteiger charge is 2.07. The Morgan fingerprint density at radius 3 is 2.62 bits per heavy atom. The Kier molecular flexibility index (Phi) is 5.96. The van der Waals surface area contributed by atoms with E-state index < -0.39 is 0 Å². The van der Waals surface area contributed by atoms with E-state index in [4.69, 9.17) is 0 Å². The van der Waals surface area contributed by atoms with Crippen LogP contribution in [0, 0.1) is 0 Å². The molecule has 0 fully saturated rings. The smallest absolute Gasteiger partial charge is 0.0534 e. The monoisotopic (exact) mass is 286 g/mol. The van der Waals surface area contributed by atoms with Crippen LogP contribution in [0.2, 0.25) is 0 Å². The van der Waals surface area contributed by atoms with E-state index in [9.17, 15) is 0 Å². The molecule has 21 heavy (non-hydrogen) atoms. The first-order valence-electron chi connectivity index (χ1n) is 7.62. The van der Waals surface area contributed by atoms with Gasteiger partial charge in [-0.15, -0.1) is 0 Å². The molecule has 1 aromatic carbocycles. The summed E-state index contributed by atoms with van der Waals surface area (Å²) in [5.41, 5.74) is 4.04. The third-order valence-electron chi connectivity index (χ3n) is 3.51. The molecule has 0 atom stereocenters. The van der Waals surface area contributed by atoms with Gasteiger partial charge in [-0.1, -0.05) is 31.2 Å². The van der Waals surface area contributed by atoms with Crippen LogP contribution >= 0.6 is 0 Å². The molecule has 0 saturated carbocycles. The van der Waals surface area contributed by atoms with Gasteiger partial charge in [-0.25, -0.2) is 0 Å². The fraction of sp³-hybridized carbons (Fsp3) is 0.471. The molecule has 0 aliphatic heterocycles. The zero-order chi connectivity index (χ0) is 15.1. The number of aryl methyl sites for hydroxylation is 1. The summed E-state index contributed by atoms with van der Waals surface area (Å²) >= 11 is 0. The van der Waals surface area contributed by atoms with Crippen molar-refractivity contribution in [2.75, 3.05) is 13.6 Å². The third kappa shape index (κ3) is 4.99. The molecule has 0 aliphatic rings. The highest BCUT2D eigenvalue weighted by Crippen LogP contribution is 2.12. The maximum atomic E-state index is 4.22. The second-order valence-corrected chi connectivity index (χ2v) is 5.64. The van der Waals surface area contributed by atoms with Gasteiger partial charge in [0.15, 0.2) is 0 Å². The van der Waals surface area contributed by atoms with E-state index in [1.54, 1.807) is 0 Å². The normalized spacial score (nSPS) is 11.2. The Balaban J connectivity index is 1.94. The Bertz CT molecular complexity index is 547. The maximum Gasteiger partial charge on any atom is 0.0534 e. The number of hydrogen-bond acceptors (Lipinski definition) is 3. The maximum absolute atomic E-state index is 4.22. The van der Waals surface area contributed by atoms with Crippen molar-refractivity contribution in [2.45, 2.75) is 33.0 Å². The molecule has 0 radical (unpaired) electrons. The predicted molar refractivity (Wildman–Crippen MR) is 86.8 cm³/mol. The summed E-state index contributed by atoms with van der Waals surface area (Å²) in [6.07, 6.45) is 5.18. The lowest BCUT2D eigenvalue weighted by Crippen LogP contribution is -2.20. The zero-order valence-electron chi connectivity index (χ0n) is 13.3. The van der Waals surface area contributed by atoms with Gasteiger partial charge in [0.2, 0.25) is 0 Å². The van der Waals surface area contributed by atoms with Gasteiger partial charge in [0.1, 0.15) is 0 Å². The standard InChI is InChI=1S/C17H26N4/c1-4-9-18-11-16-7-5-6-8-17(16)14-20(2)12-15-10-19-21(3)13-15/h5-8,10,13,18H,4,9,11-12,14H2,1-3H3. The Morgan fingerprint density at radius 1 is 1.19 bits per heavy atom. The van der Waals surface area contributed by atoms with Gasteiger partial charge < -0.3 is 5.32 Å². The molecule has 0 amide bonds. The largest absolute Gasteiger partial charge is 0.313 e. The van der Waals surface area contributed by atoms with Crippen LogP contribution in [0.3, 0.4) is 0 Å². The molecule has 1 N–H and O–H groups in total. The van der Waals surface area contributed by atoms with Crippen LogP contribution in [-0.4, -0.2) is 28.3 Å². The molecule has 0 aliphatic carbocycles. The highest BCUT2D eigenvalue weighted by atomic mass is 15.2. The summed E-state index contributed by atoms with van der Waals surface area (Å²) < 4.78 is 1.85. The van der Waals surface area contributed by atoms with Crippen LogP contribution < -0.4 is 5.32 Å². The molecule has 4 nitrogen and oxygen atoms in total. The summed E-state index contributed by atoms with van der Waals surface area (Å²) in [6.45, 7) is 6.09. The van der Waals surface area contributed by atoms with E-state index in [0.29, 0.717) is 0 Å². The predicted octanol–water partition coefficient (Wildman–Crippen LogP) is 2.55. The molecule has 2 rings (SSSR count). The van der Waals surface area contributed by atoms with E-state index in [0.717, 1.165) is 26.2 Å². The van der Waals surface area contributed by atoms with Crippen molar-refractivity contribution in [1.82, 2.24) is 20.0 Å². The van der Waals surface area contributed by atoms with Gasteiger partial charge in [-0.3, -0.25) is 9.58 Å². The van der Waals surface area contributed by atoms with Gasteiger partial charge in [0.25, 0.3) is 0 Å². The summed E-state index contributed by atoms with van der Waals surface area (Å²) in [6, 6.07) is 8.68. The first kappa shape index (κ1) is 15.7. The van der Waals surface area contributed by atoms with Gasteiger partial charge in [0, 0.05) is 38.4 Å². The quantitative estimate of drug-likeness (QED) is 0.757. The van der Waals surface area contributed by atoms with Crippen molar-refractivity contribution in [1.29, 1.82) is 0 Å². The number of benzene rings is 1. The molecule has 0 bridgehead atoms. The van der Waals surface area contributed by atoms with E-state index in [1.807, 2.05) is 17.9 Å². The van der Waals surface area contributed by atoms with Gasteiger partial charge in [0.05, 0.1) is 6.20 Å². The van der Waals surface area contributed by atoms with Crippen LogP contribution in [0.4, 0.5) is 0 Å². The first-order valence-corrected chi connectivity index (χ1v) is 7.62. The van der Waals surface area contributed by atoms with E-state index in [1.165, 1.54) is 23.1 Å². The fourth-order valence-electron chi connectivity index (χ4n) is 2.50. The summed E-state index contributed by atoms with van der Waals surface area (Å²) in [4.78, 5) is 2.33. The van der Waals surface area contributed by atoms with Crippen LogP contribution in [0.25, 0.3) is 0 Å². The average Bonchev–Trinajstić information content (AvgIpc) is 2.86. The lowest BCUT2D eigenvalue weighted by atomic mass is 10.1. The second-order valence-electron chi connectivity index (χ2n) is 5.64. The van der Waals surface area contributed by atoms with Crippen molar-refractivity contribution in [3.63, 3.8) is 0 Å². The van der Waals surface area contributed by atoms with Gasteiger partial charge >= 0.3 is 0 Å². The SMILES string of the molecule is CCCNCc1ccccc1CN(C)Cc1cnn(C)c1. The summed E-state index contributed by atoms with van der Waals surface area (Å²) in [5.74, 6) is 0. The van der Waals surface area contributed by atoms with E-state index in [2.05, 4.69) is 59.7 Å².